The summed E-state index contributed by atoms with van der Waals surface area (Å²) in [6, 6.07) is 17.1. The molecule has 6 nitrogen and oxygen atoms in total. The first kappa shape index (κ1) is 22.2. The quantitative estimate of drug-likeness (QED) is 0.590. The Bertz CT molecular complexity index is 1290. The van der Waals surface area contributed by atoms with Crippen LogP contribution in [0.1, 0.15) is 16.7 Å². The number of carbonyl (C=O) groups is 1. The van der Waals surface area contributed by atoms with E-state index in [1.165, 1.54) is 4.31 Å². The second kappa shape index (κ2) is 8.48. The lowest BCUT2D eigenvalue weighted by molar-refractivity contribution is -0.122. The number of hydrogen-bond donors (Lipinski definition) is 1. The Kier molecular flexibility index (Phi) is 5.88. The monoisotopic (exact) mass is 470 g/mol. The van der Waals surface area contributed by atoms with Crippen LogP contribution in [0.15, 0.2) is 65.6 Å². The predicted molar refractivity (Wildman–Crippen MR) is 126 cm³/mol. The van der Waals surface area contributed by atoms with Crippen LogP contribution in [-0.4, -0.2) is 27.0 Å². The van der Waals surface area contributed by atoms with Crippen LogP contribution in [0, 0.1) is 20.8 Å². The molecule has 0 unspecified atom stereocenters. The molecule has 1 aliphatic rings. The molecule has 0 aromatic heterocycles. The maximum atomic E-state index is 13.5. The minimum atomic E-state index is -3.91. The van der Waals surface area contributed by atoms with Gasteiger partial charge in [0, 0.05) is 10.7 Å². The van der Waals surface area contributed by atoms with Gasteiger partial charge in [-0.05, 0) is 68.3 Å². The Hall–Kier alpha value is -3.03. The number of halogens is 1. The Morgan fingerprint density at radius 3 is 2.44 bits per heavy atom. The van der Waals surface area contributed by atoms with E-state index in [0.717, 1.165) is 16.7 Å². The summed E-state index contributed by atoms with van der Waals surface area (Å²) in [7, 11) is -3.91. The molecule has 166 valence electrons. The highest BCUT2D eigenvalue weighted by molar-refractivity contribution is 7.92. The first-order valence-corrected chi connectivity index (χ1v) is 11.9. The van der Waals surface area contributed by atoms with Gasteiger partial charge in [-0.3, -0.25) is 9.10 Å². The van der Waals surface area contributed by atoms with E-state index in [0.29, 0.717) is 22.1 Å². The van der Waals surface area contributed by atoms with Gasteiger partial charge in [-0.25, -0.2) is 8.42 Å². The Balaban J connectivity index is 1.70. The molecule has 0 aliphatic carbocycles. The van der Waals surface area contributed by atoms with E-state index in [1.807, 2.05) is 19.9 Å². The smallest absolute Gasteiger partial charge is 0.267 e. The maximum Gasteiger partial charge on any atom is 0.267 e. The van der Waals surface area contributed by atoms with Crippen LogP contribution in [-0.2, 0) is 14.8 Å². The number of benzene rings is 3. The fourth-order valence-electron chi connectivity index (χ4n) is 3.52. The average molecular weight is 471 g/mol. The van der Waals surface area contributed by atoms with Crippen LogP contribution < -0.4 is 14.4 Å². The van der Waals surface area contributed by atoms with Crippen molar-refractivity contribution < 1.29 is 17.9 Å². The molecule has 0 spiro atoms. The van der Waals surface area contributed by atoms with Gasteiger partial charge in [-0.2, -0.15) is 0 Å². The zero-order valence-corrected chi connectivity index (χ0v) is 19.5. The highest BCUT2D eigenvalue weighted by Crippen LogP contribution is 2.38. The number of nitrogens with zero attached hydrogens (tertiary/aromatic N) is 1. The highest BCUT2D eigenvalue weighted by atomic mass is 35.5. The van der Waals surface area contributed by atoms with Crippen molar-refractivity contribution in [2.45, 2.75) is 31.8 Å². The second-order valence-corrected chi connectivity index (χ2v) is 10.1. The van der Waals surface area contributed by atoms with Crippen LogP contribution in [0.25, 0.3) is 0 Å². The summed E-state index contributed by atoms with van der Waals surface area (Å²) in [5.41, 5.74) is 3.52. The van der Waals surface area contributed by atoms with Gasteiger partial charge in [0.05, 0.1) is 17.1 Å². The van der Waals surface area contributed by atoms with E-state index in [9.17, 15) is 13.2 Å². The minimum absolute atomic E-state index is 0.154. The molecular weight excluding hydrogens is 448 g/mol. The zero-order chi connectivity index (χ0) is 23.0. The molecule has 3 aromatic rings. The minimum Gasteiger partial charge on any atom is -0.476 e. The predicted octanol–water partition coefficient (Wildman–Crippen LogP) is 4.86. The second-order valence-electron chi connectivity index (χ2n) is 7.83. The van der Waals surface area contributed by atoms with E-state index in [-0.39, 0.29) is 11.4 Å². The van der Waals surface area contributed by atoms with Crippen molar-refractivity contribution in [3.63, 3.8) is 0 Å². The van der Waals surface area contributed by atoms with Crippen molar-refractivity contribution in [1.29, 1.82) is 0 Å². The molecule has 1 aliphatic heterocycles. The van der Waals surface area contributed by atoms with Crippen molar-refractivity contribution in [2.24, 2.45) is 0 Å². The lowest BCUT2D eigenvalue weighted by Gasteiger charge is -2.35. The van der Waals surface area contributed by atoms with Gasteiger partial charge in [0.25, 0.3) is 15.9 Å². The molecule has 0 radical (unpaired) electrons. The van der Waals surface area contributed by atoms with Crippen molar-refractivity contribution in [3.8, 4) is 5.75 Å². The van der Waals surface area contributed by atoms with Gasteiger partial charge < -0.3 is 10.1 Å². The zero-order valence-electron chi connectivity index (χ0n) is 17.9. The van der Waals surface area contributed by atoms with E-state index in [4.69, 9.17) is 16.3 Å². The van der Waals surface area contributed by atoms with Gasteiger partial charge in [-0.1, -0.05) is 41.4 Å². The molecule has 8 heteroatoms. The van der Waals surface area contributed by atoms with Crippen LogP contribution >= 0.6 is 11.6 Å². The summed E-state index contributed by atoms with van der Waals surface area (Å²) in [4.78, 5) is 13.2. The Morgan fingerprint density at radius 2 is 1.72 bits per heavy atom. The molecule has 1 amide bonds. The number of carbonyl (C=O) groups excluding carboxylic acids is 1. The third-order valence-corrected chi connectivity index (χ3v) is 7.62. The number of hydrogen-bond acceptors (Lipinski definition) is 4. The van der Waals surface area contributed by atoms with Gasteiger partial charge in [0.2, 0.25) is 0 Å². The normalized spacial score (nSPS) is 15.6. The number of fused-ring (bicyclic) bond motifs is 1. The molecule has 1 N–H and O–H groups in total. The number of rotatable bonds is 4. The van der Waals surface area contributed by atoms with Crippen molar-refractivity contribution >= 4 is 38.9 Å². The number of aryl methyl sites for hydroxylation is 2. The summed E-state index contributed by atoms with van der Waals surface area (Å²) in [5, 5.41) is 3.34. The fourth-order valence-corrected chi connectivity index (χ4v) is 5.17. The van der Waals surface area contributed by atoms with Crippen LogP contribution in [0.5, 0.6) is 5.75 Å². The summed E-state index contributed by atoms with van der Waals surface area (Å²) >= 11 is 6.16. The number of sulfonamides is 1. The number of ether oxygens (including phenoxy) is 1. The Labute approximate surface area is 192 Å². The van der Waals surface area contributed by atoms with Gasteiger partial charge in [0.15, 0.2) is 6.10 Å². The summed E-state index contributed by atoms with van der Waals surface area (Å²) < 4.78 is 34.2. The first-order chi connectivity index (χ1) is 15.2. The van der Waals surface area contributed by atoms with Crippen LogP contribution in [0.4, 0.5) is 11.4 Å². The molecule has 3 aromatic carbocycles. The lowest BCUT2D eigenvalue weighted by Crippen LogP contribution is -2.48. The third-order valence-electron chi connectivity index (χ3n) is 5.41. The van der Waals surface area contributed by atoms with E-state index >= 15 is 0 Å². The summed E-state index contributed by atoms with van der Waals surface area (Å²) in [6.07, 6.45) is -1.04. The van der Waals surface area contributed by atoms with Crippen molar-refractivity contribution in [2.75, 3.05) is 16.2 Å². The van der Waals surface area contributed by atoms with Gasteiger partial charge in [-0.15, -0.1) is 0 Å². The average Bonchev–Trinajstić information content (AvgIpc) is 2.76. The van der Waals surface area contributed by atoms with Gasteiger partial charge in [0.1, 0.15) is 5.75 Å². The standard InChI is InChI=1S/C24H23ClN2O4S/c1-15-7-10-18(11-8-15)32(29,30)27-14-23(31-22-13-16(2)9-12-21(22)27)24(28)26-20-6-4-5-19(25)17(20)3/h4-13,23H,14H2,1-3H3,(H,26,28)/t23-/m0/s1. The fraction of sp³-hybridized carbons (Fsp3) is 0.208. The molecule has 1 atom stereocenters. The molecule has 0 saturated heterocycles. The number of amides is 1. The third kappa shape index (κ3) is 4.18. The van der Waals surface area contributed by atoms with E-state index in [1.54, 1.807) is 61.5 Å². The van der Waals surface area contributed by atoms with Crippen molar-refractivity contribution in [1.82, 2.24) is 0 Å². The molecule has 32 heavy (non-hydrogen) atoms. The lowest BCUT2D eigenvalue weighted by atomic mass is 10.1. The van der Waals surface area contributed by atoms with Crippen LogP contribution in [0.3, 0.4) is 0 Å². The summed E-state index contributed by atoms with van der Waals surface area (Å²) in [5.74, 6) is -0.110. The molecule has 4 rings (SSSR count). The highest BCUT2D eigenvalue weighted by Gasteiger charge is 2.37. The maximum absolute atomic E-state index is 13.5. The van der Waals surface area contributed by atoms with Crippen LogP contribution in [0.2, 0.25) is 5.02 Å². The SMILES string of the molecule is Cc1ccc(S(=O)(=O)N2C[C@@H](C(=O)Nc3cccc(Cl)c3C)Oc3cc(C)ccc32)cc1. The van der Waals surface area contributed by atoms with E-state index in [2.05, 4.69) is 5.32 Å². The molecule has 0 saturated carbocycles. The van der Waals surface area contributed by atoms with E-state index < -0.39 is 22.0 Å². The number of anilines is 2. The molecule has 0 fully saturated rings. The van der Waals surface area contributed by atoms with Crippen molar-refractivity contribution in [3.05, 3.63) is 82.4 Å². The molecule has 1 heterocycles. The first-order valence-electron chi connectivity index (χ1n) is 10.1. The largest absolute Gasteiger partial charge is 0.476 e. The molecule has 0 bridgehead atoms. The molecular formula is C24H23ClN2O4S. The topological polar surface area (TPSA) is 75.7 Å². The summed E-state index contributed by atoms with van der Waals surface area (Å²) in [6.45, 7) is 5.41. The Morgan fingerprint density at radius 1 is 1.03 bits per heavy atom. The number of nitrogens with one attached hydrogen (secondary N) is 1. The van der Waals surface area contributed by atoms with Gasteiger partial charge >= 0.3 is 0 Å².